The Kier molecular flexibility index (Phi) is 6.61. The molecule has 0 fully saturated rings. The molecule has 6 heteroatoms. The minimum Gasteiger partial charge on any atom is -0.497 e. The van der Waals surface area contributed by atoms with E-state index in [0.29, 0.717) is 28.3 Å². The van der Waals surface area contributed by atoms with E-state index >= 15 is 0 Å². The number of carbonyl (C=O) groups excluding carboxylic acids is 1. The molecule has 1 N–H and O–H groups in total. The van der Waals surface area contributed by atoms with Crippen molar-refractivity contribution in [1.82, 2.24) is 0 Å². The molecule has 4 nitrogen and oxygen atoms in total. The van der Waals surface area contributed by atoms with Crippen LogP contribution in [-0.4, -0.2) is 19.6 Å². The predicted octanol–water partition coefficient (Wildman–Crippen LogP) is 5.03. The van der Waals surface area contributed by atoms with Crippen LogP contribution in [0.4, 0.5) is 10.1 Å². The third-order valence-electron chi connectivity index (χ3n) is 3.36. The Balaban J connectivity index is 2.25. The lowest BCUT2D eigenvalue weighted by Gasteiger charge is -2.14. The van der Waals surface area contributed by atoms with Crippen LogP contribution in [0.5, 0.6) is 11.5 Å². The summed E-state index contributed by atoms with van der Waals surface area (Å²) >= 11 is 3.24. The van der Waals surface area contributed by atoms with Crippen molar-refractivity contribution < 1.29 is 18.7 Å². The number of unbranched alkanes of at least 4 members (excludes halogenated alkanes) is 1. The fourth-order valence-electron chi connectivity index (χ4n) is 2.05. The molecule has 2 aromatic rings. The van der Waals surface area contributed by atoms with Crippen LogP contribution >= 0.6 is 15.9 Å². The molecule has 0 unspecified atom stereocenters. The first-order chi connectivity index (χ1) is 11.5. The molecular formula is C18H19BrFNO3. The summed E-state index contributed by atoms with van der Waals surface area (Å²) in [5, 5.41) is 2.69. The van der Waals surface area contributed by atoms with Crippen molar-refractivity contribution in [1.29, 1.82) is 0 Å². The number of amides is 1. The summed E-state index contributed by atoms with van der Waals surface area (Å²) in [4.78, 5) is 12.4. The maximum absolute atomic E-state index is 13.9. The van der Waals surface area contributed by atoms with Gasteiger partial charge < -0.3 is 14.8 Å². The Morgan fingerprint density at radius 3 is 2.75 bits per heavy atom. The van der Waals surface area contributed by atoms with E-state index in [-0.39, 0.29) is 5.56 Å². The van der Waals surface area contributed by atoms with Crippen LogP contribution in [0.3, 0.4) is 0 Å². The van der Waals surface area contributed by atoms with Crippen molar-refractivity contribution >= 4 is 27.5 Å². The van der Waals surface area contributed by atoms with E-state index < -0.39 is 11.7 Å². The van der Waals surface area contributed by atoms with Gasteiger partial charge in [-0.2, -0.15) is 0 Å². The molecule has 0 aliphatic carbocycles. The third kappa shape index (κ3) is 4.71. The maximum Gasteiger partial charge on any atom is 0.258 e. The Morgan fingerprint density at radius 1 is 1.25 bits per heavy atom. The van der Waals surface area contributed by atoms with Gasteiger partial charge in [0.15, 0.2) is 0 Å². The average Bonchev–Trinajstić information content (AvgIpc) is 2.58. The molecule has 1 amide bonds. The average molecular weight is 396 g/mol. The Bertz CT molecular complexity index is 721. The number of ether oxygens (including phenoxy) is 2. The number of hydrogen-bond donors (Lipinski definition) is 1. The van der Waals surface area contributed by atoms with Gasteiger partial charge in [0.2, 0.25) is 0 Å². The summed E-state index contributed by atoms with van der Waals surface area (Å²) in [7, 11) is 1.53. The number of carbonyl (C=O) groups is 1. The van der Waals surface area contributed by atoms with E-state index in [4.69, 9.17) is 9.47 Å². The lowest BCUT2D eigenvalue weighted by atomic mass is 10.2. The van der Waals surface area contributed by atoms with Crippen molar-refractivity contribution in [3.8, 4) is 11.5 Å². The number of halogens is 2. The first-order valence-electron chi connectivity index (χ1n) is 7.62. The van der Waals surface area contributed by atoms with Gasteiger partial charge in [0, 0.05) is 10.5 Å². The maximum atomic E-state index is 13.9. The van der Waals surface area contributed by atoms with Crippen LogP contribution in [0, 0.1) is 5.82 Å². The molecule has 0 spiro atoms. The largest absolute Gasteiger partial charge is 0.497 e. The summed E-state index contributed by atoms with van der Waals surface area (Å²) < 4.78 is 25.4. The predicted molar refractivity (Wildman–Crippen MR) is 95.5 cm³/mol. The lowest BCUT2D eigenvalue weighted by molar-refractivity contribution is 0.102. The van der Waals surface area contributed by atoms with E-state index in [1.54, 1.807) is 18.2 Å². The zero-order valence-corrected chi connectivity index (χ0v) is 15.2. The van der Waals surface area contributed by atoms with Gasteiger partial charge in [-0.15, -0.1) is 0 Å². The van der Waals surface area contributed by atoms with Crippen LogP contribution in [0.15, 0.2) is 40.9 Å². The first kappa shape index (κ1) is 18.3. The van der Waals surface area contributed by atoms with E-state index in [1.165, 1.54) is 25.3 Å². The second-order valence-electron chi connectivity index (χ2n) is 5.14. The standard InChI is InChI=1S/C18H19BrFNO3/c1-3-4-9-24-17-8-6-13(23-2)11-16(17)21-18(22)14-10-12(19)5-7-15(14)20/h5-8,10-11H,3-4,9H2,1-2H3,(H,21,22). The molecule has 0 aromatic heterocycles. The highest BCUT2D eigenvalue weighted by Crippen LogP contribution is 2.30. The first-order valence-corrected chi connectivity index (χ1v) is 8.41. The van der Waals surface area contributed by atoms with Crippen molar-refractivity contribution in [3.63, 3.8) is 0 Å². The molecule has 0 heterocycles. The van der Waals surface area contributed by atoms with Gasteiger partial charge in [0.05, 0.1) is 25.0 Å². The highest BCUT2D eigenvalue weighted by atomic mass is 79.9. The van der Waals surface area contributed by atoms with Gasteiger partial charge in [-0.1, -0.05) is 29.3 Å². The molecule has 0 saturated carbocycles. The Hall–Kier alpha value is -2.08. The number of rotatable bonds is 7. The summed E-state index contributed by atoms with van der Waals surface area (Å²) in [6.07, 6.45) is 1.90. The quantitative estimate of drug-likeness (QED) is 0.668. The summed E-state index contributed by atoms with van der Waals surface area (Å²) in [5.74, 6) is -0.0506. The molecule has 0 aliphatic rings. The van der Waals surface area contributed by atoms with Gasteiger partial charge in [0.25, 0.3) is 5.91 Å². The molecule has 2 aromatic carbocycles. The third-order valence-corrected chi connectivity index (χ3v) is 3.86. The number of benzene rings is 2. The molecule has 0 saturated heterocycles. The van der Waals surface area contributed by atoms with Crippen LogP contribution in [0.1, 0.15) is 30.1 Å². The minimum absolute atomic E-state index is 0.0493. The zero-order valence-electron chi connectivity index (χ0n) is 13.6. The highest BCUT2D eigenvalue weighted by molar-refractivity contribution is 9.10. The molecule has 128 valence electrons. The van der Waals surface area contributed by atoms with E-state index in [2.05, 4.69) is 28.2 Å². The number of hydrogen-bond acceptors (Lipinski definition) is 3. The van der Waals surface area contributed by atoms with Gasteiger partial charge in [-0.05, 0) is 36.8 Å². The van der Waals surface area contributed by atoms with Crippen molar-refractivity contribution in [2.45, 2.75) is 19.8 Å². The van der Waals surface area contributed by atoms with Gasteiger partial charge in [0.1, 0.15) is 17.3 Å². The monoisotopic (exact) mass is 395 g/mol. The van der Waals surface area contributed by atoms with Crippen molar-refractivity contribution in [3.05, 3.63) is 52.3 Å². The van der Waals surface area contributed by atoms with Crippen LogP contribution in [0.2, 0.25) is 0 Å². The highest BCUT2D eigenvalue weighted by Gasteiger charge is 2.15. The lowest BCUT2D eigenvalue weighted by Crippen LogP contribution is -2.15. The van der Waals surface area contributed by atoms with Crippen molar-refractivity contribution in [2.24, 2.45) is 0 Å². The number of anilines is 1. The topological polar surface area (TPSA) is 47.6 Å². The van der Waals surface area contributed by atoms with E-state index in [1.807, 2.05) is 0 Å². The molecule has 0 radical (unpaired) electrons. The number of nitrogens with one attached hydrogen (secondary N) is 1. The summed E-state index contributed by atoms with van der Waals surface area (Å²) in [6.45, 7) is 2.60. The molecule has 2 rings (SSSR count). The number of methoxy groups -OCH3 is 1. The molecule has 24 heavy (non-hydrogen) atoms. The molecule has 0 bridgehead atoms. The fourth-order valence-corrected chi connectivity index (χ4v) is 2.41. The smallest absolute Gasteiger partial charge is 0.258 e. The minimum atomic E-state index is -0.591. The van der Waals surface area contributed by atoms with Crippen LogP contribution in [0.25, 0.3) is 0 Å². The van der Waals surface area contributed by atoms with E-state index in [9.17, 15) is 9.18 Å². The zero-order chi connectivity index (χ0) is 17.5. The normalized spacial score (nSPS) is 10.3. The second-order valence-corrected chi connectivity index (χ2v) is 6.06. The second kappa shape index (κ2) is 8.68. The molecule has 0 atom stereocenters. The summed E-state index contributed by atoms with van der Waals surface area (Å²) in [6, 6.07) is 9.33. The Labute approximate surface area is 149 Å². The SMILES string of the molecule is CCCCOc1ccc(OC)cc1NC(=O)c1cc(Br)ccc1F. The van der Waals surface area contributed by atoms with Crippen LogP contribution < -0.4 is 14.8 Å². The Morgan fingerprint density at radius 2 is 2.04 bits per heavy atom. The van der Waals surface area contributed by atoms with E-state index in [0.717, 1.165) is 12.8 Å². The van der Waals surface area contributed by atoms with Gasteiger partial charge in [-0.3, -0.25) is 4.79 Å². The van der Waals surface area contributed by atoms with Crippen LogP contribution in [-0.2, 0) is 0 Å². The fraction of sp³-hybridized carbons (Fsp3) is 0.278. The van der Waals surface area contributed by atoms with Gasteiger partial charge >= 0.3 is 0 Å². The molecular weight excluding hydrogens is 377 g/mol. The molecule has 0 aliphatic heterocycles. The summed E-state index contributed by atoms with van der Waals surface area (Å²) in [5.41, 5.74) is 0.390. The van der Waals surface area contributed by atoms with Gasteiger partial charge in [-0.25, -0.2) is 4.39 Å². The van der Waals surface area contributed by atoms with Crippen molar-refractivity contribution in [2.75, 3.05) is 19.0 Å².